The van der Waals surface area contributed by atoms with Crippen LogP contribution in [0.3, 0.4) is 0 Å². The van der Waals surface area contributed by atoms with Gasteiger partial charge in [-0.25, -0.2) is 0 Å². The van der Waals surface area contributed by atoms with Crippen LogP contribution in [0.2, 0.25) is 0 Å². The third-order valence-electron chi connectivity index (χ3n) is 3.46. The van der Waals surface area contributed by atoms with Crippen LogP contribution in [0.5, 0.6) is 0 Å². The predicted molar refractivity (Wildman–Crippen MR) is 62.3 cm³/mol. The first-order chi connectivity index (χ1) is 6.63. The molecular formula is C12H26N2. The fourth-order valence-electron chi connectivity index (χ4n) is 2.46. The first kappa shape index (κ1) is 12.0. The minimum Gasteiger partial charge on any atom is -0.330 e. The molecule has 3 atom stereocenters. The van der Waals surface area contributed by atoms with Crippen molar-refractivity contribution in [2.45, 2.75) is 46.1 Å². The lowest BCUT2D eigenvalue weighted by Crippen LogP contribution is -2.28. The minimum absolute atomic E-state index is 0.699. The van der Waals surface area contributed by atoms with E-state index in [4.69, 9.17) is 5.73 Å². The molecule has 2 nitrogen and oxygen atoms in total. The van der Waals surface area contributed by atoms with E-state index in [1.807, 2.05) is 0 Å². The molecule has 1 heterocycles. The van der Waals surface area contributed by atoms with Crippen molar-refractivity contribution in [1.82, 2.24) is 4.90 Å². The standard InChI is InChI=1S/C12H26N2/c1-10(8-13)5-4-6-14-9-11(2)7-12(14)3/h10-12H,4-9,13H2,1-3H3. The van der Waals surface area contributed by atoms with Gasteiger partial charge >= 0.3 is 0 Å². The Kier molecular flexibility index (Phi) is 4.90. The zero-order chi connectivity index (χ0) is 10.6. The van der Waals surface area contributed by atoms with Crippen molar-refractivity contribution in [3.8, 4) is 0 Å². The molecule has 1 rings (SSSR count). The van der Waals surface area contributed by atoms with Gasteiger partial charge in [-0.2, -0.15) is 0 Å². The Hall–Kier alpha value is -0.0800. The van der Waals surface area contributed by atoms with Crippen LogP contribution in [0.15, 0.2) is 0 Å². The van der Waals surface area contributed by atoms with Crippen LogP contribution in [0.4, 0.5) is 0 Å². The highest BCUT2D eigenvalue weighted by molar-refractivity contribution is 4.79. The van der Waals surface area contributed by atoms with Crippen LogP contribution in [0.1, 0.15) is 40.0 Å². The maximum absolute atomic E-state index is 5.60. The summed E-state index contributed by atoms with van der Waals surface area (Å²) < 4.78 is 0. The molecule has 0 spiro atoms. The molecule has 1 saturated heterocycles. The highest BCUT2D eigenvalue weighted by Crippen LogP contribution is 2.22. The van der Waals surface area contributed by atoms with Gasteiger partial charge in [0.15, 0.2) is 0 Å². The Morgan fingerprint density at radius 3 is 2.64 bits per heavy atom. The maximum atomic E-state index is 5.60. The van der Waals surface area contributed by atoms with E-state index in [9.17, 15) is 0 Å². The molecule has 0 saturated carbocycles. The van der Waals surface area contributed by atoms with Crippen LogP contribution >= 0.6 is 0 Å². The van der Waals surface area contributed by atoms with Crippen molar-refractivity contribution < 1.29 is 0 Å². The molecule has 1 aliphatic rings. The van der Waals surface area contributed by atoms with Gasteiger partial charge in [-0.3, -0.25) is 0 Å². The molecule has 1 aliphatic heterocycles. The van der Waals surface area contributed by atoms with Crippen LogP contribution in [-0.4, -0.2) is 30.6 Å². The van der Waals surface area contributed by atoms with Crippen molar-refractivity contribution in [3.05, 3.63) is 0 Å². The second-order valence-electron chi connectivity index (χ2n) is 5.17. The predicted octanol–water partition coefficient (Wildman–Crippen LogP) is 2.09. The van der Waals surface area contributed by atoms with Crippen molar-refractivity contribution >= 4 is 0 Å². The summed E-state index contributed by atoms with van der Waals surface area (Å²) in [5, 5.41) is 0. The highest BCUT2D eigenvalue weighted by atomic mass is 15.2. The Morgan fingerprint density at radius 1 is 1.43 bits per heavy atom. The molecule has 84 valence electrons. The molecule has 2 N–H and O–H groups in total. The average Bonchev–Trinajstić information content (AvgIpc) is 2.45. The number of nitrogens with zero attached hydrogens (tertiary/aromatic N) is 1. The third-order valence-corrected chi connectivity index (χ3v) is 3.46. The van der Waals surface area contributed by atoms with Gasteiger partial charge in [0.05, 0.1) is 0 Å². The van der Waals surface area contributed by atoms with E-state index in [0.717, 1.165) is 18.5 Å². The molecule has 0 radical (unpaired) electrons. The third kappa shape index (κ3) is 3.58. The summed E-state index contributed by atoms with van der Waals surface area (Å²) in [5.74, 6) is 1.60. The Morgan fingerprint density at radius 2 is 2.14 bits per heavy atom. The number of hydrogen-bond donors (Lipinski definition) is 1. The summed E-state index contributed by atoms with van der Waals surface area (Å²) in [4.78, 5) is 2.63. The van der Waals surface area contributed by atoms with E-state index in [2.05, 4.69) is 25.7 Å². The molecular weight excluding hydrogens is 172 g/mol. The largest absolute Gasteiger partial charge is 0.330 e. The fraction of sp³-hybridized carbons (Fsp3) is 1.00. The molecule has 0 aromatic carbocycles. The fourth-order valence-corrected chi connectivity index (χ4v) is 2.46. The summed E-state index contributed by atoms with van der Waals surface area (Å²) in [6.07, 6.45) is 3.98. The number of nitrogens with two attached hydrogens (primary N) is 1. The second-order valence-corrected chi connectivity index (χ2v) is 5.17. The summed E-state index contributed by atoms with van der Waals surface area (Å²) in [5.41, 5.74) is 5.60. The zero-order valence-corrected chi connectivity index (χ0v) is 10.00. The van der Waals surface area contributed by atoms with Crippen LogP contribution in [0.25, 0.3) is 0 Å². The van der Waals surface area contributed by atoms with Crippen molar-refractivity contribution in [2.24, 2.45) is 17.6 Å². The van der Waals surface area contributed by atoms with Gasteiger partial charge in [0.2, 0.25) is 0 Å². The topological polar surface area (TPSA) is 29.3 Å². The average molecular weight is 198 g/mol. The number of rotatable bonds is 5. The summed E-state index contributed by atoms with van der Waals surface area (Å²) in [6, 6.07) is 0.804. The molecule has 0 aliphatic carbocycles. The first-order valence-corrected chi connectivity index (χ1v) is 6.07. The van der Waals surface area contributed by atoms with Gasteiger partial charge in [-0.1, -0.05) is 13.8 Å². The van der Waals surface area contributed by atoms with Gasteiger partial charge < -0.3 is 10.6 Å². The lowest BCUT2D eigenvalue weighted by molar-refractivity contribution is 0.254. The van der Waals surface area contributed by atoms with Crippen LogP contribution < -0.4 is 5.73 Å². The van der Waals surface area contributed by atoms with Crippen LogP contribution in [-0.2, 0) is 0 Å². The lowest BCUT2D eigenvalue weighted by Gasteiger charge is -2.21. The molecule has 0 aromatic heterocycles. The molecule has 0 amide bonds. The minimum atomic E-state index is 0.699. The molecule has 0 aromatic rings. The first-order valence-electron chi connectivity index (χ1n) is 6.07. The quantitative estimate of drug-likeness (QED) is 0.733. The summed E-state index contributed by atoms with van der Waals surface area (Å²) in [7, 11) is 0. The number of hydrogen-bond acceptors (Lipinski definition) is 2. The SMILES string of the molecule is CC(CN)CCCN1CC(C)CC1C. The van der Waals surface area contributed by atoms with Crippen molar-refractivity contribution in [1.29, 1.82) is 0 Å². The Bertz CT molecular complexity index is 158. The van der Waals surface area contributed by atoms with Gasteiger partial charge in [-0.05, 0) is 51.1 Å². The van der Waals surface area contributed by atoms with E-state index in [1.165, 1.54) is 32.4 Å². The van der Waals surface area contributed by atoms with Crippen molar-refractivity contribution in [2.75, 3.05) is 19.6 Å². The van der Waals surface area contributed by atoms with Crippen molar-refractivity contribution in [3.63, 3.8) is 0 Å². The molecule has 14 heavy (non-hydrogen) atoms. The summed E-state index contributed by atoms with van der Waals surface area (Å²) >= 11 is 0. The van der Waals surface area contributed by atoms with E-state index < -0.39 is 0 Å². The van der Waals surface area contributed by atoms with Gasteiger partial charge in [0, 0.05) is 12.6 Å². The van der Waals surface area contributed by atoms with Gasteiger partial charge in [-0.15, -0.1) is 0 Å². The summed E-state index contributed by atoms with van der Waals surface area (Å²) in [6.45, 7) is 10.4. The highest BCUT2D eigenvalue weighted by Gasteiger charge is 2.25. The zero-order valence-electron chi connectivity index (χ0n) is 10.00. The second kappa shape index (κ2) is 5.72. The van der Waals surface area contributed by atoms with E-state index in [0.29, 0.717) is 5.92 Å². The molecule has 0 bridgehead atoms. The van der Waals surface area contributed by atoms with E-state index in [1.54, 1.807) is 0 Å². The molecule has 1 fully saturated rings. The molecule has 3 unspecified atom stereocenters. The van der Waals surface area contributed by atoms with E-state index >= 15 is 0 Å². The van der Waals surface area contributed by atoms with Gasteiger partial charge in [0.1, 0.15) is 0 Å². The monoisotopic (exact) mass is 198 g/mol. The normalized spacial score (nSPS) is 30.9. The van der Waals surface area contributed by atoms with Gasteiger partial charge in [0.25, 0.3) is 0 Å². The maximum Gasteiger partial charge on any atom is 0.00700 e. The molecule has 2 heteroatoms. The van der Waals surface area contributed by atoms with E-state index in [-0.39, 0.29) is 0 Å². The Labute approximate surface area is 88.8 Å². The Balaban J connectivity index is 2.12. The number of likely N-dealkylation sites (tertiary alicyclic amines) is 1. The van der Waals surface area contributed by atoms with Crippen LogP contribution in [0, 0.1) is 11.8 Å². The smallest absolute Gasteiger partial charge is 0.00700 e. The lowest BCUT2D eigenvalue weighted by atomic mass is 10.1.